The van der Waals surface area contributed by atoms with Crippen LogP contribution >= 0.6 is 0 Å². The highest BCUT2D eigenvalue weighted by atomic mass is 19.1. The average molecular weight is 420 g/mol. The van der Waals surface area contributed by atoms with Gasteiger partial charge in [-0.15, -0.1) is 0 Å². The topological polar surface area (TPSA) is 82.2 Å². The summed E-state index contributed by atoms with van der Waals surface area (Å²) in [6.45, 7) is 4.29. The first kappa shape index (κ1) is 20.3. The second kappa shape index (κ2) is 8.83. The van der Waals surface area contributed by atoms with Crippen molar-refractivity contribution in [1.29, 1.82) is 0 Å². The Morgan fingerprint density at radius 3 is 2.68 bits per heavy atom. The Bertz CT molecular complexity index is 1200. The standard InChI is InChI=1S/C23H21FN4O3/c1-15-5-3-4-6-20(15)30-14-19-16(2)31-27-22(19)23(29)25-21-11-12-28(26-21)13-17-7-9-18(24)10-8-17/h3-12H,13-14H2,1-2H3,(H,25,26,29). The Morgan fingerprint density at radius 1 is 1.13 bits per heavy atom. The molecule has 1 amide bonds. The summed E-state index contributed by atoms with van der Waals surface area (Å²) in [6, 6.07) is 15.5. The van der Waals surface area contributed by atoms with Gasteiger partial charge in [0.2, 0.25) is 0 Å². The van der Waals surface area contributed by atoms with E-state index in [1.165, 1.54) is 12.1 Å². The van der Waals surface area contributed by atoms with Crippen molar-refractivity contribution < 1.29 is 18.4 Å². The van der Waals surface area contributed by atoms with Crippen LogP contribution in [0.15, 0.2) is 65.3 Å². The van der Waals surface area contributed by atoms with Crippen LogP contribution in [0.25, 0.3) is 0 Å². The van der Waals surface area contributed by atoms with Gasteiger partial charge in [-0.05, 0) is 43.2 Å². The molecule has 0 aliphatic heterocycles. The number of hydrogen-bond acceptors (Lipinski definition) is 5. The van der Waals surface area contributed by atoms with Crippen LogP contribution in [0.4, 0.5) is 10.2 Å². The van der Waals surface area contributed by atoms with E-state index in [-0.39, 0.29) is 18.1 Å². The fourth-order valence-electron chi connectivity index (χ4n) is 3.08. The third kappa shape index (κ3) is 4.80. The molecule has 2 heterocycles. The lowest BCUT2D eigenvalue weighted by Gasteiger charge is -2.09. The molecule has 0 saturated carbocycles. The van der Waals surface area contributed by atoms with Gasteiger partial charge < -0.3 is 14.6 Å². The summed E-state index contributed by atoms with van der Waals surface area (Å²) >= 11 is 0. The molecule has 0 atom stereocenters. The molecule has 2 aromatic heterocycles. The van der Waals surface area contributed by atoms with E-state index in [2.05, 4.69) is 15.6 Å². The summed E-state index contributed by atoms with van der Waals surface area (Å²) in [6.07, 6.45) is 1.73. The van der Waals surface area contributed by atoms with Crippen molar-refractivity contribution in [1.82, 2.24) is 14.9 Å². The van der Waals surface area contributed by atoms with E-state index in [0.717, 1.165) is 16.9 Å². The number of para-hydroxylation sites is 1. The number of halogens is 1. The number of aromatic nitrogens is 3. The average Bonchev–Trinajstić information content (AvgIpc) is 3.35. The third-order valence-corrected chi connectivity index (χ3v) is 4.81. The van der Waals surface area contributed by atoms with E-state index in [9.17, 15) is 9.18 Å². The fourth-order valence-corrected chi connectivity index (χ4v) is 3.08. The molecular formula is C23H21FN4O3. The zero-order valence-electron chi connectivity index (χ0n) is 17.1. The lowest BCUT2D eigenvalue weighted by Crippen LogP contribution is -2.16. The number of carbonyl (C=O) groups excluding carboxylic acids is 1. The summed E-state index contributed by atoms with van der Waals surface area (Å²) in [5.74, 6) is 0.891. The van der Waals surface area contributed by atoms with Crippen molar-refractivity contribution in [2.45, 2.75) is 27.0 Å². The summed E-state index contributed by atoms with van der Waals surface area (Å²) in [7, 11) is 0. The van der Waals surface area contributed by atoms with Gasteiger partial charge in [-0.1, -0.05) is 35.5 Å². The molecule has 4 aromatic rings. The highest BCUT2D eigenvalue weighted by molar-refractivity contribution is 6.03. The Balaban J connectivity index is 1.43. The van der Waals surface area contributed by atoms with Gasteiger partial charge in [0.25, 0.3) is 5.91 Å². The molecule has 7 nitrogen and oxygen atoms in total. The predicted octanol–water partition coefficient (Wildman–Crippen LogP) is 4.51. The van der Waals surface area contributed by atoms with Crippen molar-refractivity contribution in [3.8, 4) is 5.75 Å². The molecule has 0 aliphatic carbocycles. The zero-order valence-corrected chi connectivity index (χ0v) is 17.1. The zero-order chi connectivity index (χ0) is 21.8. The Kier molecular flexibility index (Phi) is 5.79. The van der Waals surface area contributed by atoms with Crippen LogP contribution in [0.5, 0.6) is 5.75 Å². The second-order valence-corrected chi connectivity index (χ2v) is 7.10. The van der Waals surface area contributed by atoms with E-state index in [1.807, 2.05) is 31.2 Å². The van der Waals surface area contributed by atoms with E-state index in [4.69, 9.17) is 9.26 Å². The maximum absolute atomic E-state index is 13.0. The number of ether oxygens (including phenoxy) is 1. The van der Waals surface area contributed by atoms with Gasteiger partial charge in [-0.2, -0.15) is 5.10 Å². The monoisotopic (exact) mass is 420 g/mol. The molecule has 0 saturated heterocycles. The molecule has 0 aliphatic rings. The van der Waals surface area contributed by atoms with E-state index in [1.54, 1.807) is 36.0 Å². The summed E-state index contributed by atoms with van der Waals surface area (Å²) < 4.78 is 25.8. The van der Waals surface area contributed by atoms with E-state index >= 15 is 0 Å². The molecule has 0 radical (unpaired) electrons. The van der Waals surface area contributed by atoms with Crippen LogP contribution < -0.4 is 10.1 Å². The predicted molar refractivity (Wildman–Crippen MR) is 112 cm³/mol. The number of nitrogens with zero attached hydrogens (tertiary/aromatic N) is 3. The minimum atomic E-state index is -0.438. The first-order valence-electron chi connectivity index (χ1n) is 9.72. The first-order valence-corrected chi connectivity index (χ1v) is 9.72. The minimum Gasteiger partial charge on any atom is -0.488 e. The van der Waals surface area contributed by atoms with Crippen molar-refractivity contribution in [2.75, 3.05) is 5.32 Å². The quantitative estimate of drug-likeness (QED) is 0.476. The van der Waals surface area contributed by atoms with Crippen molar-refractivity contribution in [3.05, 3.63) is 94.8 Å². The molecule has 0 unspecified atom stereocenters. The van der Waals surface area contributed by atoms with Crippen LogP contribution in [0.1, 0.15) is 32.9 Å². The molecule has 0 fully saturated rings. The number of nitrogens with one attached hydrogen (secondary N) is 1. The van der Waals surface area contributed by atoms with E-state index < -0.39 is 5.91 Å². The van der Waals surface area contributed by atoms with Gasteiger partial charge in [0.15, 0.2) is 11.5 Å². The minimum absolute atomic E-state index is 0.152. The highest BCUT2D eigenvalue weighted by Crippen LogP contribution is 2.21. The van der Waals surface area contributed by atoms with Gasteiger partial charge in [0, 0.05) is 12.3 Å². The number of anilines is 1. The second-order valence-electron chi connectivity index (χ2n) is 7.10. The van der Waals surface area contributed by atoms with Crippen LogP contribution in [0.2, 0.25) is 0 Å². The number of hydrogen-bond donors (Lipinski definition) is 1. The fraction of sp³-hybridized carbons (Fsp3) is 0.174. The Morgan fingerprint density at radius 2 is 1.90 bits per heavy atom. The van der Waals surface area contributed by atoms with Gasteiger partial charge in [0.05, 0.1) is 12.1 Å². The summed E-state index contributed by atoms with van der Waals surface area (Å²) in [5.41, 5.74) is 2.62. The van der Waals surface area contributed by atoms with Crippen molar-refractivity contribution >= 4 is 11.7 Å². The smallest absolute Gasteiger partial charge is 0.279 e. The Labute approximate surface area is 178 Å². The normalized spacial score (nSPS) is 10.8. The van der Waals surface area contributed by atoms with Crippen LogP contribution in [-0.2, 0) is 13.2 Å². The number of carbonyl (C=O) groups is 1. The molecule has 0 spiro atoms. The molecule has 2 aromatic carbocycles. The van der Waals surface area contributed by atoms with E-state index in [0.29, 0.717) is 23.7 Å². The lowest BCUT2D eigenvalue weighted by molar-refractivity contribution is 0.101. The SMILES string of the molecule is Cc1ccccc1OCc1c(C(=O)Nc2ccn(Cc3ccc(F)cc3)n2)noc1C. The molecular weight excluding hydrogens is 399 g/mol. The van der Waals surface area contributed by atoms with Crippen molar-refractivity contribution in [2.24, 2.45) is 0 Å². The molecule has 158 valence electrons. The lowest BCUT2D eigenvalue weighted by atomic mass is 10.2. The van der Waals surface area contributed by atoms with Crippen LogP contribution in [-0.4, -0.2) is 20.8 Å². The van der Waals surface area contributed by atoms with Crippen LogP contribution in [0, 0.1) is 19.7 Å². The number of rotatable bonds is 7. The summed E-state index contributed by atoms with van der Waals surface area (Å²) in [4.78, 5) is 12.8. The number of amides is 1. The molecule has 8 heteroatoms. The summed E-state index contributed by atoms with van der Waals surface area (Å²) in [5, 5.41) is 11.0. The number of benzene rings is 2. The first-order chi connectivity index (χ1) is 15.0. The van der Waals surface area contributed by atoms with Gasteiger partial charge in [-0.3, -0.25) is 9.48 Å². The Hall–Kier alpha value is -3.94. The van der Waals surface area contributed by atoms with Crippen LogP contribution in [0.3, 0.4) is 0 Å². The van der Waals surface area contributed by atoms with Gasteiger partial charge in [-0.25, -0.2) is 4.39 Å². The maximum Gasteiger partial charge on any atom is 0.279 e. The molecule has 31 heavy (non-hydrogen) atoms. The molecule has 0 bridgehead atoms. The largest absolute Gasteiger partial charge is 0.488 e. The van der Waals surface area contributed by atoms with Crippen molar-refractivity contribution in [3.63, 3.8) is 0 Å². The highest BCUT2D eigenvalue weighted by Gasteiger charge is 2.21. The molecule has 4 rings (SSSR count). The molecule has 1 N–H and O–H groups in total. The third-order valence-electron chi connectivity index (χ3n) is 4.81. The van der Waals surface area contributed by atoms with Gasteiger partial charge >= 0.3 is 0 Å². The maximum atomic E-state index is 13.0. The van der Waals surface area contributed by atoms with Gasteiger partial charge in [0.1, 0.15) is 23.9 Å². The number of aryl methyl sites for hydroxylation is 2.